The Morgan fingerprint density at radius 3 is 2.43 bits per heavy atom. The molecule has 6 rings (SSSR count). The lowest BCUT2D eigenvalue weighted by Crippen LogP contribution is -2.61. The van der Waals surface area contributed by atoms with E-state index in [0.717, 1.165) is 47.1 Å². The Kier molecular flexibility index (Phi) is 7.45. The maximum absolute atomic E-state index is 13.6. The third-order valence-corrected chi connectivity index (χ3v) is 9.41. The highest BCUT2D eigenvalue weighted by atomic mass is 32.1. The highest BCUT2D eigenvalue weighted by Gasteiger charge is 2.45. The van der Waals surface area contributed by atoms with Gasteiger partial charge in [0.05, 0.1) is 16.9 Å². The van der Waals surface area contributed by atoms with E-state index in [1.54, 1.807) is 41.7 Å². The number of hydrogen-bond donors (Lipinski definition) is 3. The van der Waals surface area contributed by atoms with E-state index in [0.29, 0.717) is 30.0 Å². The molecule has 2 aromatic carbocycles. The molecule has 0 saturated heterocycles. The number of amides is 2. The Balaban J connectivity index is 1.23. The molecule has 0 unspecified atom stereocenters. The number of carboxylic acid groups (broad SMARTS) is 1. The zero-order valence-electron chi connectivity index (χ0n) is 23.8. The molecule has 2 saturated carbocycles. The number of carbonyl (C=O) groups excluding carboxylic acids is 2. The van der Waals surface area contributed by atoms with Crippen LogP contribution in [-0.4, -0.2) is 38.0 Å². The summed E-state index contributed by atoms with van der Waals surface area (Å²) < 4.78 is 2.16. The monoisotopic (exact) mass is 582 g/mol. The van der Waals surface area contributed by atoms with E-state index in [2.05, 4.69) is 31.6 Å². The van der Waals surface area contributed by atoms with Gasteiger partial charge in [0.25, 0.3) is 5.91 Å². The van der Waals surface area contributed by atoms with Crippen molar-refractivity contribution < 1.29 is 19.5 Å². The quantitative estimate of drug-likeness (QED) is 0.199. The van der Waals surface area contributed by atoms with Gasteiger partial charge in [-0.3, -0.25) is 9.59 Å². The van der Waals surface area contributed by atoms with Crippen LogP contribution in [0.3, 0.4) is 0 Å². The van der Waals surface area contributed by atoms with E-state index in [4.69, 9.17) is 5.11 Å². The number of aryl methyl sites for hydroxylation is 1. The first-order valence-corrected chi connectivity index (χ1v) is 15.4. The average molecular weight is 583 g/mol. The van der Waals surface area contributed by atoms with Crippen molar-refractivity contribution in [3.05, 3.63) is 75.6 Å². The predicted molar refractivity (Wildman–Crippen MR) is 166 cm³/mol. The van der Waals surface area contributed by atoms with Crippen LogP contribution in [0.1, 0.15) is 79.3 Å². The van der Waals surface area contributed by atoms with Gasteiger partial charge in [0.1, 0.15) is 5.54 Å². The molecule has 8 nitrogen and oxygen atoms in total. The molecule has 0 bridgehead atoms. The van der Waals surface area contributed by atoms with Crippen molar-refractivity contribution in [1.29, 1.82) is 0 Å². The topological polar surface area (TPSA) is 113 Å². The van der Waals surface area contributed by atoms with Crippen LogP contribution in [0.15, 0.2) is 58.9 Å². The van der Waals surface area contributed by atoms with Gasteiger partial charge in [-0.25, -0.2) is 9.78 Å². The van der Waals surface area contributed by atoms with Crippen LogP contribution in [0.2, 0.25) is 0 Å². The van der Waals surface area contributed by atoms with Crippen LogP contribution in [-0.2, 0) is 16.6 Å². The van der Waals surface area contributed by atoms with Crippen LogP contribution in [0.5, 0.6) is 0 Å². The van der Waals surface area contributed by atoms with Crippen LogP contribution >= 0.6 is 11.3 Å². The normalized spacial score (nSPS) is 16.8. The second-order valence-electron chi connectivity index (χ2n) is 11.5. The summed E-state index contributed by atoms with van der Waals surface area (Å²) in [6.45, 7) is 1.53. The number of nitrogens with one attached hydrogen (secondary N) is 2. The zero-order valence-corrected chi connectivity index (χ0v) is 24.6. The summed E-state index contributed by atoms with van der Waals surface area (Å²) in [6, 6.07) is 12.8. The van der Waals surface area contributed by atoms with Gasteiger partial charge >= 0.3 is 5.97 Å². The molecule has 0 atom stereocenters. The summed E-state index contributed by atoms with van der Waals surface area (Å²) in [5.41, 5.74) is 7.38. The van der Waals surface area contributed by atoms with Gasteiger partial charge < -0.3 is 20.3 Å². The predicted octanol–water partition coefficient (Wildman–Crippen LogP) is 6.74. The highest BCUT2D eigenvalue weighted by molar-refractivity contribution is 7.07. The largest absolute Gasteiger partial charge is 0.478 e. The molecule has 0 radical (unpaired) electrons. The van der Waals surface area contributed by atoms with E-state index < -0.39 is 11.5 Å². The van der Waals surface area contributed by atoms with Crippen molar-refractivity contribution in [2.24, 2.45) is 7.05 Å². The van der Waals surface area contributed by atoms with Crippen molar-refractivity contribution in [3.8, 4) is 11.4 Å². The first-order chi connectivity index (χ1) is 20.3. The summed E-state index contributed by atoms with van der Waals surface area (Å²) in [5, 5.41) is 18.3. The number of fused-ring (bicyclic) bond motifs is 1. The smallest absolute Gasteiger partial charge is 0.331 e. The Hall–Kier alpha value is -4.24. The summed E-state index contributed by atoms with van der Waals surface area (Å²) in [6.07, 6.45) is 8.34. The molecule has 9 heteroatoms. The molecule has 216 valence electrons. The van der Waals surface area contributed by atoms with Gasteiger partial charge in [0.15, 0.2) is 0 Å². The molecule has 2 aliphatic carbocycles. The second kappa shape index (κ2) is 11.2. The number of aromatic nitrogens is 2. The van der Waals surface area contributed by atoms with Gasteiger partial charge in [0.2, 0.25) is 5.91 Å². The molecule has 42 heavy (non-hydrogen) atoms. The molecular weight excluding hydrogens is 548 g/mol. The number of aliphatic carboxylic acids is 1. The Bertz CT molecular complexity index is 1690. The maximum Gasteiger partial charge on any atom is 0.331 e. The van der Waals surface area contributed by atoms with Crippen LogP contribution in [0.25, 0.3) is 28.4 Å². The summed E-state index contributed by atoms with van der Waals surface area (Å²) in [7, 11) is 2.04. The number of hydrogen-bond acceptors (Lipinski definition) is 5. The van der Waals surface area contributed by atoms with Gasteiger partial charge in [-0.15, -0.1) is 11.3 Å². The number of rotatable bonds is 8. The lowest BCUT2D eigenvalue weighted by Gasteiger charge is -2.40. The van der Waals surface area contributed by atoms with Crippen LogP contribution in [0, 0.1) is 0 Å². The molecule has 0 spiro atoms. The number of nitrogens with zero attached hydrogens (tertiary/aromatic N) is 2. The minimum atomic E-state index is -0.976. The van der Waals surface area contributed by atoms with E-state index in [1.807, 2.05) is 24.7 Å². The minimum absolute atomic E-state index is 0.227. The summed E-state index contributed by atoms with van der Waals surface area (Å²) >= 11 is 1.58. The van der Waals surface area contributed by atoms with Gasteiger partial charge in [-0.05, 0) is 86.4 Å². The van der Waals surface area contributed by atoms with Crippen molar-refractivity contribution in [2.75, 3.05) is 5.32 Å². The lowest BCUT2D eigenvalue weighted by atomic mass is 9.75. The summed E-state index contributed by atoms with van der Waals surface area (Å²) in [4.78, 5) is 42.7. The fraction of sp³-hybridized carbons (Fsp3) is 0.333. The minimum Gasteiger partial charge on any atom is -0.478 e. The molecule has 2 aliphatic rings. The number of carboxylic acids is 1. The van der Waals surface area contributed by atoms with Crippen LogP contribution in [0.4, 0.5) is 5.69 Å². The van der Waals surface area contributed by atoms with E-state index in [9.17, 15) is 14.4 Å². The van der Waals surface area contributed by atoms with Crippen molar-refractivity contribution in [3.63, 3.8) is 0 Å². The molecular formula is C33H34N4O4S. The van der Waals surface area contributed by atoms with E-state index in [-0.39, 0.29) is 17.4 Å². The number of benzene rings is 2. The maximum atomic E-state index is 13.6. The fourth-order valence-corrected chi connectivity index (χ4v) is 6.86. The second-order valence-corrected chi connectivity index (χ2v) is 12.2. The molecule has 2 amide bonds. The molecule has 2 fully saturated rings. The third kappa shape index (κ3) is 5.13. The SMILES string of the molecule is C/C(=C\c1ccc(NC(=O)C2(NC(=O)c3ccc4c(C5CCCC5)c(-c5cscn5)n(C)c4c3)CCC2)cc1)C(=O)O. The fourth-order valence-electron chi connectivity index (χ4n) is 6.33. The third-order valence-electron chi connectivity index (χ3n) is 8.82. The first kappa shape index (κ1) is 27.9. The van der Waals surface area contributed by atoms with Crippen molar-refractivity contribution >= 4 is 51.8 Å². The van der Waals surface area contributed by atoms with Gasteiger partial charge in [-0.2, -0.15) is 0 Å². The van der Waals surface area contributed by atoms with E-state index in [1.165, 1.54) is 25.3 Å². The van der Waals surface area contributed by atoms with Gasteiger partial charge in [0, 0.05) is 40.2 Å². The highest BCUT2D eigenvalue weighted by Crippen LogP contribution is 2.44. The Labute approximate surface area is 248 Å². The van der Waals surface area contributed by atoms with E-state index >= 15 is 0 Å². The average Bonchev–Trinajstić information content (AvgIpc) is 3.73. The molecule has 3 N–H and O–H groups in total. The zero-order chi connectivity index (χ0) is 29.4. The van der Waals surface area contributed by atoms with Crippen molar-refractivity contribution in [1.82, 2.24) is 14.9 Å². The van der Waals surface area contributed by atoms with Crippen molar-refractivity contribution in [2.45, 2.75) is 63.3 Å². The number of thiazole rings is 1. The lowest BCUT2D eigenvalue weighted by molar-refractivity contribution is -0.132. The Morgan fingerprint density at radius 1 is 1.07 bits per heavy atom. The number of anilines is 1. The summed E-state index contributed by atoms with van der Waals surface area (Å²) in [5.74, 6) is -1.01. The first-order valence-electron chi connectivity index (χ1n) is 14.4. The molecule has 4 aromatic rings. The molecule has 0 aliphatic heterocycles. The Morgan fingerprint density at radius 2 is 1.81 bits per heavy atom. The number of carbonyl (C=O) groups is 3. The molecule has 2 aromatic heterocycles. The van der Waals surface area contributed by atoms with Gasteiger partial charge in [-0.1, -0.05) is 31.0 Å². The van der Waals surface area contributed by atoms with Crippen LogP contribution < -0.4 is 10.6 Å². The standard InChI is InChI=1S/C33H34N4O4S/c1-20(31(39)40)16-21-8-11-24(12-9-21)35-32(41)33(14-5-15-33)36-30(38)23-10-13-25-27(17-23)37(2)29(26-18-42-19-34-26)28(25)22-6-3-4-7-22/h8-13,16-19,22H,3-7,14-15H2,1-2H3,(H,35,41)(H,36,38)(H,39,40)/b20-16+. The molecule has 2 heterocycles.